The topological polar surface area (TPSA) is 72.7 Å². The molecule has 2 heterocycles. The molecule has 0 aliphatic carbocycles. The second-order valence-electron chi connectivity index (χ2n) is 4.58. The van der Waals surface area contributed by atoms with E-state index in [1.165, 1.54) is 12.7 Å². The van der Waals surface area contributed by atoms with Crippen molar-refractivity contribution < 1.29 is 4.79 Å². The van der Waals surface area contributed by atoms with Crippen LogP contribution in [0.5, 0.6) is 0 Å². The number of carbonyl (C=O) groups is 1. The summed E-state index contributed by atoms with van der Waals surface area (Å²) < 4.78 is 1.63. The zero-order chi connectivity index (χ0) is 15.4. The average Bonchev–Trinajstić information content (AvgIpc) is 3.09. The van der Waals surface area contributed by atoms with Gasteiger partial charge in [-0.1, -0.05) is 23.7 Å². The molecule has 0 unspecified atom stereocenters. The molecule has 1 amide bonds. The van der Waals surface area contributed by atoms with E-state index >= 15 is 0 Å². The summed E-state index contributed by atoms with van der Waals surface area (Å²) in [6.07, 6.45) is 4.63. The van der Waals surface area contributed by atoms with Crippen molar-refractivity contribution >= 4 is 17.5 Å². The van der Waals surface area contributed by atoms with Crippen molar-refractivity contribution in [3.63, 3.8) is 0 Å². The third kappa shape index (κ3) is 3.29. The van der Waals surface area contributed by atoms with Crippen molar-refractivity contribution in [3.05, 3.63) is 71.4 Å². The quantitative estimate of drug-likeness (QED) is 0.802. The van der Waals surface area contributed by atoms with Gasteiger partial charge in [-0.25, -0.2) is 4.98 Å². The molecule has 3 rings (SSSR count). The molecule has 7 heteroatoms. The molecule has 0 aliphatic heterocycles. The Morgan fingerprint density at radius 2 is 1.86 bits per heavy atom. The second kappa shape index (κ2) is 6.36. The third-order valence-electron chi connectivity index (χ3n) is 3.06. The number of hydrogen-bond donors (Lipinski definition) is 1. The van der Waals surface area contributed by atoms with Crippen LogP contribution in [0.1, 0.15) is 15.9 Å². The Morgan fingerprint density at radius 1 is 1.14 bits per heavy atom. The van der Waals surface area contributed by atoms with Crippen LogP contribution in [0.3, 0.4) is 0 Å². The second-order valence-corrected chi connectivity index (χ2v) is 5.02. The standard InChI is InChI=1S/C15H12ClN5O/c16-13-3-1-11(2-4-13)8-18-15(22)12-5-6-17-14(7-12)21-9-19-20-10-21/h1-7,9-10H,8H2,(H,18,22). The molecular weight excluding hydrogens is 302 g/mol. The highest BCUT2D eigenvalue weighted by molar-refractivity contribution is 6.30. The number of pyridine rings is 1. The zero-order valence-electron chi connectivity index (χ0n) is 11.5. The number of carbonyl (C=O) groups excluding carboxylic acids is 1. The Hall–Kier alpha value is -2.73. The van der Waals surface area contributed by atoms with Crippen LogP contribution in [0.15, 0.2) is 55.2 Å². The van der Waals surface area contributed by atoms with Crippen molar-refractivity contribution in [2.75, 3.05) is 0 Å². The van der Waals surface area contributed by atoms with Crippen LogP contribution < -0.4 is 5.32 Å². The van der Waals surface area contributed by atoms with Gasteiger partial charge in [0.1, 0.15) is 18.5 Å². The number of nitrogens with zero attached hydrogens (tertiary/aromatic N) is 4. The van der Waals surface area contributed by atoms with E-state index in [4.69, 9.17) is 11.6 Å². The third-order valence-corrected chi connectivity index (χ3v) is 3.31. The molecule has 22 heavy (non-hydrogen) atoms. The average molecular weight is 314 g/mol. The molecular formula is C15H12ClN5O. The molecule has 0 atom stereocenters. The number of halogens is 1. The van der Waals surface area contributed by atoms with Crippen molar-refractivity contribution in [1.82, 2.24) is 25.1 Å². The number of hydrogen-bond acceptors (Lipinski definition) is 4. The Morgan fingerprint density at radius 3 is 2.59 bits per heavy atom. The van der Waals surface area contributed by atoms with Crippen LogP contribution in [0, 0.1) is 0 Å². The van der Waals surface area contributed by atoms with Gasteiger partial charge >= 0.3 is 0 Å². The maximum atomic E-state index is 12.2. The molecule has 1 aromatic carbocycles. The van der Waals surface area contributed by atoms with E-state index in [-0.39, 0.29) is 5.91 Å². The zero-order valence-corrected chi connectivity index (χ0v) is 12.2. The smallest absolute Gasteiger partial charge is 0.251 e. The highest BCUT2D eigenvalue weighted by Gasteiger charge is 2.08. The summed E-state index contributed by atoms with van der Waals surface area (Å²) >= 11 is 5.83. The first-order chi connectivity index (χ1) is 10.7. The van der Waals surface area contributed by atoms with Gasteiger partial charge in [0.25, 0.3) is 5.91 Å². The largest absolute Gasteiger partial charge is 0.348 e. The minimum Gasteiger partial charge on any atom is -0.348 e. The van der Waals surface area contributed by atoms with E-state index in [1.807, 2.05) is 12.1 Å². The number of benzene rings is 1. The van der Waals surface area contributed by atoms with Gasteiger partial charge in [0, 0.05) is 23.3 Å². The van der Waals surface area contributed by atoms with E-state index in [0.29, 0.717) is 22.9 Å². The van der Waals surface area contributed by atoms with Crippen molar-refractivity contribution in [3.8, 4) is 5.82 Å². The Kier molecular flexibility index (Phi) is 4.11. The van der Waals surface area contributed by atoms with Crippen LogP contribution in [0.25, 0.3) is 5.82 Å². The molecule has 0 radical (unpaired) electrons. The molecule has 0 aliphatic rings. The molecule has 0 saturated carbocycles. The van der Waals surface area contributed by atoms with E-state index < -0.39 is 0 Å². The Labute approximate surface area is 131 Å². The lowest BCUT2D eigenvalue weighted by molar-refractivity contribution is 0.0951. The Bertz CT molecular complexity index is 771. The van der Waals surface area contributed by atoms with Crippen LogP contribution in [-0.4, -0.2) is 25.7 Å². The Balaban J connectivity index is 1.70. The van der Waals surface area contributed by atoms with Crippen LogP contribution >= 0.6 is 11.6 Å². The molecule has 110 valence electrons. The molecule has 0 saturated heterocycles. The van der Waals surface area contributed by atoms with Crippen LogP contribution in [0.4, 0.5) is 0 Å². The van der Waals surface area contributed by atoms with Gasteiger partial charge in [0.05, 0.1) is 0 Å². The molecule has 3 aromatic rings. The molecule has 0 spiro atoms. The van der Waals surface area contributed by atoms with Gasteiger partial charge < -0.3 is 5.32 Å². The lowest BCUT2D eigenvalue weighted by Crippen LogP contribution is -2.23. The van der Waals surface area contributed by atoms with Gasteiger partial charge in [-0.05, 0) is 29.8 Å². The highest BCUT2D eigenvalue weighted by atomic mass is 35.5. The first-order valence-corrected chi connectivity index (χ1v) is 6.94. The summed E-state index contributed by atoms with van der Waals surface area (Å²) in [5.74, 6) is 0.413. The van der Waals surface area contributed by atoms with Gasteiger partial charge in [-0.2, -0.15) is 0 Å². The number of nitrogens with one attached hydrogen (secondary N) is 1. The van der Waals surface area contributed by atoms with E-state index in [1.54, 1.807) is 35.0 Å². The summed E-state index contributed by atoms with van der Waals surface area (Å²) in [6, 6.07) is 10.7. The SMILES string of the molecule is O=C(NCc1ccc(Cl)cc1)c1ccnc(-n2cnnc2)c1. The van der Waals surface area contributed by atoms with Crippen LogP contribution in [-0.2, 0) is 6.54 Å². The summed E-state index contributed by atoms with van der Waals surface area (Å²) in [5, 5.41) is 11.0. The maximum absolute atomic E-state index is 12.2. The number of amides is 1. The van der Waals surface area contributed by atoms with Crippen molar-refractivity contribution in [2.24, 2.45) is 0 Å². The van der Waals surface area contributed by atoms with E-state index in [0.717, 1.165) is 5.56 Å². The first-order valence-electron chi connectivity index (χ1n) is 6.56. The summed E-state index contributed by atoms with van der Waals surface area (Å²) in [6.45, 7) is 0.431. The van der Waals surface area contributed by atoms with E-state index in [2.05, 4.69) is 20.5 Å². The minimum absolute atomic E-state index is 0.174. The summed E-state index contributed by atoms with van der Waals surface area (Å²) in [7, 11) is 0. The highest BCUT2D eigenvalue weighted by Crippen LogP contribution is 2.10. The lowest BCUT2D eigenvalue weighted by atomic mass is 10.2. The summed E-state index contributed by atoms with van der Waals surface area (Å²) in [4.78, 5) is 16.4. The predicted octanol–water partition coefficient (Wildman–Crippen LogP) is 2.25. The van der Waals surface area contributed by atoms with Crippen molar-refractivity contribution in [1.29, 1.82) is 0 Å². The fourth-order valence-corrected chi connectivity index (χ4v) is 2.03. The summed E-state index contributed by atoms with van der Waals surface area (Å²) in [5.41, 5.74) is 1.50. The van der Waals surface area contributed by atoms with Crippen LogP contribution in [0.2, 0.25) is 5.02 Å². The monoisotopic (exact) mass is 313 g/mol. The fraction of sp³-hybridized carbons (Fsp3) is 0.0667. The van der Waals surface area contributed by atoms with E-state index in [9.17, 15) is 4.79 Å². The maximum Gasteiger partial charge on any atom is 0.251 e. The van der Waals surface area contributed by atoms with Gasteiger partial charge in [0.2, 0.25) is 0 Å². The van der Waals surface area contributed by atoms with Gasteiger partial charge in [-0.15, -0.1) is 10.2 Å². The van der Waals surface area contributed by atoms with Crippen molar-refractivity contribution in [2.45, 2.75) is 6.54 Å². The minimum atomic E-state index is -0.174. The van der Waals surface area contributed by atoms with Gasteiger partial charge in [-0.3, -0.25) is 9.36 Å². The number of rotatable bonds is 4. The number of aromatic nitrogens is 4. The fourth-order valence-electron chi connectivity index (χ4n) is 1.91. The lowest BCUT2D eigenvalue weighted by Gasteiger charge is -2.07. The molecule has 0 fully saturated rings. The predicted molar refractivity (Wildman–Crippen MR) is 81.8 cm³/mol. The molecule has 6 nitrogen and oxygen atoms in total. The van der Waals surface area contributed by atoms with Gasteiger partial charge in [0.15, 0.2) is 0 Å². The molecule has 0 bridgehead atoms. The first kappa shape index (κ1) is 14.2. The normalized spacial score (nSPS) is 10.4. The molecule has 2 aromatic heterocycles. The molecule has 1 N–H and O–H groups in total.